The average Bonchev–Trinajstić information content (AvgIpc) is 3.39. The summed E-state index contributed by atoms with van der Waals surface area (Å²) in [4.78, 5) is 0. The molecule has 2 nitrogen and oxygen atoms in total. The third kappa shape index (κ3) is 2.83. The summed E-state index contributed by atoms with van der Waals surface area (Å²) in [6.45, 7) is 6.89. The van der Waals surface area contributed by atoms with Gasteiger partial charge >= 0.3 is 0 Å². The number of hydrogen-bond donors (Lipinski definition) is 0. The summed E-state index contributed by atoms with van der Waals surface area (Å²) in [5, 5.41) is 0. The van der Waals surface area contributed by atoms with Crippen LogP contribution < -0.4 is 9.30 Å². The van der Waals surface area contributed by atoms with Crippen molar-refractivity contribution in [1.82, 2.24) is 0 Å². The van der Waals surface area contributed by atoms with Gasteiger partial charge in [-0.2, -0.15) is 0 Å². The summed E-state index contributed by atoms with van der Waals surface area (Å²) in [7, 11) is 2.10. The number of benzene rings is 2. The molecule has 0 saturated heterocycles. The van der Waals surface area contributed by atoms with E-state index in [-0.39, 0.29) is 11.0 Å². The molecule has 2 heteroatoms. The summed E-state index contributed by atoms with van der Waals surface area (Å²) in [5.74, 6) is 1.08. The Morgan fingerprint density at radius 3 is 2.43 bits per heavy atom. The highest BCUT2D eigenvalue weighted by Gasteiger charge is 2.53. The van der Waals surface area contributed by atoms with Crippen LogP contribution in [0.3, 0.4) is 0 Å². The van der Waals surface area contributed by atoms with E-state index in [0.717, 1.165) is 12.2 Å². The van der Waals surface area contributed by atoms with E-state index in [1.54, 1.807) is 0 Å². The van der Waals surface area contributed by atoms with Gasteiger partial charge < -0.3 is 4.74 Å². The minimum atomic E-state index is 0.103. The Balaban J connectivity index is 1.60. The van der Waals surface area contributed by atoms with Gasteiger partial charge in [0.05, 0.1) is 0 Å². The van der Waals surface area contributed by atoms with Crippen molar-refractivity contribution < 1.29 is 9.30 Å². The maximum absolute atomic E-state index is 6.48. The molecule has 28 heavy (non-hydrogen) atoms. The fourth-order valence-corrected chi connectivity index (χ4v) is 4.81. The molecule has 1 aliphatic heterocycles. The van der Waals surface area contributed by atoms with E-state index >= 15 is 0 Å². The first-order chi connectivity index (χ1) is 13.4. The van der Waals surface area contributed by atoms with Crippen molar-refractivity contribution in [2.24, 2.45) is 7.05 Å². The fraction of sp³-hybridized carbons (Fsp3) is 0.346. The van der Waals surface area contributed by atoms with Gasteiger partial charge in [-0.3, -0.25) is 0 Å². The molecule has 5 rings (SSSR count). The normalized spacial score (nSPS) is 18.4. The van der Waals surface area contributed by atoms with Crippen LogP contribution in [-0.4, -0.2) is 5.60 Å². The van der Waals surface area contributed by atoms with Crippen molar-refractivity contribution >= 4 is 0 Å². The third-order valence-corrected chi connectivity index (χ3v) is 6.51. The lowest BCUT2D eigenvalue weighted by atomic mass is 9.76. The van der Waals surface area contributed by atoms with Crippen LogP contribution in [0.5, 0.6) is 5.75 Å². The van der Waals surface area contributed by atoms with Crippen molar-refractivity contribution in [3.05, 3.63) is 71.9 Å². The van der Waals surface area contributed by atoms with E-state index in [9.17, 15) is 0 Å². The molecule has 142 valence electrons. The second-order valence-electron chi connectivity index (χ2n) is 9.28. The average molecular weight is 371 g/mol. The smallest absolute Gasteiger partial charge is 0.212 e. The predicted octanol–water partition coefficient (Wildman–Crippen LogP) is 5.75. The second kappa shape index (κ2) is 5.94. The highest BCUT2D eigenvalue weighted by atomic mass is 16.5. The van der Waals surface area contributed by atoms with Gasteiger partial charge in [0.25, 0.3) is 0 Å². The van der Waals surface area contributed by atoms with Crippen molar-refractivity contribution in [1.29, 1.82) is 0 Å². The molecule has 1 aliphatic carbocycles. The fourth-order valence-electron chi connectivity index (χ4n) is 4.81. The quantitative estimate of drug-likeness (QED) is 0.524. The summed E-state index contributed by atoms with van der Waals surface area (Å²) in [6, 6.07) is 19.9. The molecule has 0 radical (unpaired) electrons. The molecule has 0 amide bonds. The van der Waals surface area contributed by atoms with Crippen LogP contribution in [0.4, 0.5) is 0 Å². The maximum atomic E-state index is 6.48. The SMILES string of the molecule is Cc1ccc(-c2ccc3c(c2)OC2(CC2)CC3(C)C)cc1-c1cccc[n+]1C. The van der Waals surface area contributed by atoms with E-state index in [1.165, 1.54) is 46.4 Å². The molecular weight excluding hydrogens is 342 g/mol. The van der Waals surface area contributed by atoms with Crippen LogP contribution in [0.25, 0.3) is 22.4 Å². The van der Waals surface area contributed by atoms with E-state index in [1.807, 2.05) is 0 Å². The molecule has 3 aromatic rings. The molecule has 1 saturated carbocycles. The van der Waals surface area contributed by atoms with Crippen LogP contribution >= 0.6 is 0 Å². The molecule has 1 aromatic heterocycles. The van der Waals surface area contributed by atoms with Gasteiger partial charge in [0, 0.05) is 17.7 Å². The molecular formula is C26H28NO+. The van der Waals surface area contributed by atoms with E-state index < -0.39 is 0 Å². The van der Waals surface area contributed by atoms with Gasteiger partial charge in [-0.15, -0.1) is 0 Å². The first kappa shape index (κ1) is 17.5. The minimum absolute atomic E-state index is 0.103. The zero-order valence-electron chi connectivity index (χ0n) is 17.3. The molecule has 2 heterocycles. The number of pyridine rings is 1. The number of rotatable bonds is 2. The molecule has 0 bridgehead atoms. The van der Waals surface area contributed by atoms with Crippen molar-refractivity contribution in [3.63, 3.8) is 0 Å². The monoisotopic (exact) mass is 370 g/mol. The number of fused-ring (bicyclic) bond motifs is 1. The Morgan fingerprint density at radius 2 is 1.68 bits per heavy atom. The predicted molar refractivity (Wildman–Crippen MR) is 113 cm³/mol. The highest BCUT2D eigenvalue weighted by Crippen LogP contribution is 2.55. The van der Waals surface area contributed by atoms with Gasteiger partial charge in [0.2, 0.25) is 5.69 Å². The van der Waals surface area contributed by atoms with Gasteiger partial charge in [0.1, 0.15) is 18.4 Å². The number of aryl methyl sites for hydroxylation is 2. The maximum Gasteiger partial charge on any atom is 0.212 e. The van der Waals surface area contributed by atoms with Gasteiger partial charge in [0.15, 0.2) is 6.20 Å². The van der Waals surface area contributed by atoms with Crippen LogP contribution in [0, 0.1) is 6.92 Å². The first-order valence-electron chi connectivity index (χ1n) is 10.3. The van der Waals surface area contributed by atoms with E-state index in [2.05, 4.69) is 93.2 Å². The van der Waals surface area contributed by atoms with E-state index in [4.69, 9.17) is 4.74 Å². The summed E-state index contributed by atoms with van der Waals surface area (Å²) < 4.78 is 8.66. The Labute approximate surface area is 167 Å². The second-order valence-corrected chi connectivity index (χ2v) is 9.28. The molecule has 0 atom stereocenters. The number of aromatic nitrogens is 1. The van der Waals surface area contributed by atoms with Crippen LogP contribution in [0.1, 0.15) is 44.2 Å². The van der Waals surface area contributed by atoms with Crippen LogP contribution in [0.2, 0.25) is 0 Å². The zero-order valence-corrected chi connectivity index (χ0v) is 17.3. The lowest BCUT2D eigenvalue weighted by Gasteiger charge is -2.38. The van der Waals surface area contributed by atoms with Crippen LogP contribution in [-0.2, 0) is 12.5 Å². The molecule has 1 spiro atoms. The Hall–Kier alpha value is -2.61. The molecule has 2 aliphatic rings. The lowest BCUT2D eigenvalue weighted by Crippen LogP contribution is -2.35. The lowest BCUT2D eigenvalue weighted by molar-refractivity contribution is -0.660. The third-order valence-electron chi connectivity index (χ3n) is 6.51. The molecule has 1 fully saturated rings. The van der Waals surface area contributed by atoms with Crippen LogP contribution in [0.15, 0.2) is 60.8 Å². The number of hydrogen-bond acceptors (Lipinski definition) is 1. The van der Waals surface area contributed by atoms with Gasteiger partial charge in [-0.25, -0.2) is 4.57 Å². The topological polar surface area (TPSA) is 13.1 Å². The Morgan fingerprint density at radius 1 is 0.929 bits per heavy atom. The molecule has 0 N–H and O–H groups in total. The Bertz CT molecular complexity index is 1080. The number of nitrogens with zero attached hydrogens (tertiary/aromatic N) is 1. The zero-order chi connectivity index (χ0) is 19.5. The minimum Gasteiger partial charge on any atom is -0.487 e. The van der Waals surface area contributed by atoms with Gasteiger partial charge in [-0.1, -0.05) is 38.1 Å². The highest BCUT2D eigenvalue weighted by molar-refractivity contribution is 5.74. The summed E-state index contributed by atoms with van der Waals surface area (Å²) >= 11 is 0. The Kier molecular flexibility index (Phi) is 3.71. The van der Waals surface area contributed by atoms with E-state index in [0.29, 0.717) is 0 Å². The van der Waals surface area contributed by atoms with Crippen molar-refractivity contribution in [2.75, 3.05) is 0 Å². The molecule has 2 aromatic carbocycles. The first-order valence-corrected chi connectivity index (χ1v) is 10.3. The summed E-state index contributed by atoms with van der Waals surface area (Å²) in [6.07, 6.45) is 5.62. The van der Waals surface area contributed by atoms with Gasteiger partial charge in [-0.05, 0) is 72.1 Å². The summed E-state index contributed by atoms with van der Waals surface area (Å²) in [5.41, 5.74) is 7.89. The largest absolute Gasteiger partial charge is 0.487 e. The standard InChI is InChI=1S/C26H28NO/c1-18-8-9-19(15-21(18)23-7-5-6-14-27(23)4)20-10-11-22-24(16-20)28-26(12-13-26)17-25(22,2)3/h5-11,14-16H,12-13,17H2,1-4H3/q+1. The molecule has 0 unspecified atom stereocenters. The van der Waals surface area contributed by atoms with Crippen molar-refractivity contribution in [2.45, 2.75) is 51.0 Å². The van der Waals surface area contributed by atoms with Crippen molar-refractivity contribution in [3.8, 4) is 28.1 Å². The number of ether oxygens (including phenoxy) is 1.